The number of H-pyrrole nitrogens is 1. The Balaban J connectivity index is 1.53. The number of methoxy groups -OCH3 is 2. The summed E-state index contributed by atoms with van der Waals surface area (Å²) < 4.78 is 16.4. The molecule has 0 amide bonds. The van der Waals surface area contributed by atoms with E-state index in [1.807, 2.05) is 13.0 Å². The van der Waals surface area contributed by atoms with Gasteiger partial charge in [0.25, 0.3) is 5.56 Å². The molecule has 2 aromatic carbocycles. The number of aromatic nitrogens is 4. The Hall–Kier alpha value is -4.00. The zero-order chi connectivity index (χ0) is 24.8. The number of ether oxygens (including phenoxy) is 3. The molecule has 0 fully saturated rings. The molecule has 0 radical (unpaired) electrons. The molecule has 0 saturated carbocycles. The van der Waals surface area contributed by atoms with E-state index in [0.29, 0.717) is 53.4 Å². The zero-order valence-electron chi connectivity index (χ0n) is 19.6. The smallest absolute Gasteiger partial charge is 0.260 e. The van der Waals surface area contributed by atoms with Crippen molar-refractivity contribution < 1.29 is 19.3 Å². The third-order valence-electron chi connectivity index (χ3n) is 5.16. The van der Waals surface area contributed by atoms with Gasteiger partial charge in [-0.1, -0.05) is 0 Å². The Morgan fingerprint density at radius 1 is 0.943 bits per heavy atom. The molecule has 0 aliphatic heterocycles. The van der Waals surface area contributed by atoms with Crippen LogP contribution in [0.2, 0.25) is 0 Å². The molecule has 0 aliphatic rings. The predicted molar refractivity (Wildman–Crippen MR) is 132 cm³/mol. The van der Waals surface area contributed by atoms with E-state index in [1.54, 1.807) is 38.5 Å². The lowest BCUT2D eigenvalue weighted by Gasteiger charge is -2.12. The minimum atomic E-state index is -0.324. The molecule has 0 unspecified atom stereocenters. The second kappa shape index (κ2) is 11.0. The van der Waals surface area contributed by atoms with Crippen molar-refractivity contribution in [3.63, 3.8) is 0 Å². The molecule has 5 N–H and O–H groups in total. The highest BCUT2D eigenvalue weighted by Gasteiger charge is 2.13. The fraction of sp³-hybridized carbons (Fsp3) is 0.304. The third kappa shape index (κ3) is 5.57. The molecule has 4 aromatic rings. The number of rotatable bonds is 11. The van der Waals surface area contributed by atoms with Crippen LogP contribution >= 0.6 is 0 Å². The van der Waals surface area contributed by atoms with E-state index in [4.69, 9.17) is 19.3 Å². The summed E-state index contributed by atoms with van der Waals surface area (Å²) >= 11 is 0. The lowest BCUT2D eigenvalue weighted by molar-refractivity contribution is 0.270. The zero-order valence-corrected chi connectivity index (χ0v) is 19.6. The molecule has 0 atom stereocenters. The van der Waals surface area contributed by atoms with Gasteiger partial charge >= 0.3 is 0 Å². The summed E-state index contributed by atoms with van der Waals surface area (Å²) in [7, 11) is 3.13. The summed E-state index contributed by atoms with van der Waals surface area (Å²) in [6, 6.07) is 8.69. The second-order valence-electron chi connectivity index (χ2n) is 7.50. The normalized spacial score (nSPS) is 11.1. The van der Waals surface area contributed by atoms with Gasteiger partial charge in [0, 0.05) is 24.5 Å². The minimum Gasteiger partial charge on any atom is -0.493 e. The van der Waals surface area contributed by atoms with E-state index in [-0.39, 0.29) is 24.1 Å². The van der Waals surface area contributed by atoms with Crippen LogP contribution in [0.5, 0.6) is 17.2 Å². The van der Waals surface area contributed by atoms with Gasteiger partial charge in [0.1, 0.15) is 12.4 Å². The summed E-state index contributed by atoms with van der Waals surface area (Å²) in [5, 5.41) is 12.9. The van der Waals surface area contributed by atoms with Crippen molar-refractivity contribution in [1.82, 2.24) is 30.8 Å². The first-order chi connectivity index (χ1) is 17.0. The Morgan fingerprint density at radius 2 is 1.71 bits per heavy atom. The Bertz CT molecular complexity index is 1390. The maximum Gasteiger partial charge on any atom is 0.260 e. The van der Waals surface area contributed by atoms with Crippen LogP contribution < -0.4 is 35.9 Å². The van der Waals surface area contributed by atoms with Crippen molar-refractivity contribution in [3.8, 4) is 17.2 Å². The number of benzene rings is 2. The van der Waals surface area contributed by atoms with Crippen LogP contribution in [0.4, 0.5) is 11.9 Å². The van der Waals surface area contributed by atoms with E-state index in [1.165, 1.54) is 0 Å². The first-order valence-corrected chi connectivity index (χ1v) is 10.9. The summed E-state index contributed by atoms with van der Waals surface area (Å²) in [5.41, 5.74) is 7.30. The molecule has 0 saturated heterocycles. The van der Waals surface area contributed by atoms with Gasteiger partial charge in [-0.3, -0.25) is 25.9 Å². The molecule has 0 spiro atoms. The molecule has 0 bridgehead atoms. The van der Waals surface area contributed by atoms with E-state index in [0.717, 1.165) is 11.1 Å². The maximum absolute atomic E-state index is 12.7. The van der Waals surface area contributed by atoms with E-state index >= 15 is 0 Å². The molecule has 2 aromatic heterocycles. The standard InChI is InChI=1S/C23H27N7O5/c1-13-15-11-19(33-2)20(34-3)12-18(15)28-22(26-13)30-23-27-17-5-4-14(10-16(17)21(32)29-23)35-9-7-25-24-6-8-31/h4-5,10-12,24-25,31H,6-9H2,1-3H3,(H2,26,27,28,29,30,32). The van der Waals surface area contributed by atoms with Gasteiger partial charge < -0.3 is 19.3 Å². The highest BCUT2D eigenvalue weighted by atomic mass is 16.5. The monoisotopic (exact) mass is 481 g/mol. The number of hydrazine groups is 1. The van der Waals surface area contributed by atoms with Gasteiger partial charge in [-0.25, -0.2) is 15.0 Å². The highest BCUT2D eigenvalue weighted by Crippen LogP contribution is 2.33. The largest absolute Gasteiger partial charge is 0.493 e. The number of nitrogens with zero attached hydrogens (tertiary/aromatic N) is 3. The average molecular weight is 482 g/mol. The van der Waals surface area contributed by atoms with Crippen molar-refractivity contribution >= 4 is 33.7 Å². The number of aryl methyl sites for hydroxylation is 1. The predicted octanol–water partition coefficient (Wildman–Crippen LogP) is 1.40. The van der Waals surface area contributed by atoms with Crippen molar-refractivity contribution in [1.29, 1.82) is 0 Å². The van der Waals surface area contributed by atoms with E-state index in [2.05, 4.69) is 36.1 Å². The van der Waals surface area contributed by atoms with E-state index in [9.17, 15) is 4.79 Å². The Labute approximate surface area is 200 Å². The molecular weight excluding hydrogens is 454 g/mol. The topological polar surface area (TPSA) is 156 Å². The van der Waals surface area contributed by atoms with Crippen LogP contribution in [0.3, 0.4) is 0 Å². The first-order valence-electron chi connectivity index (χ1n) is 10.9. The highest BCUT2D eigenvalue weighted by molar-refractivity contribution is 5.86. The van der Waals surface area contributed by atoms with Crippen LogP contribution in [0.1, 0.15) is 5.69 Å². The summed E-state index contributed by atoms with van der Waals surface area (Å²) in [6.45, 7) is 3.25. The molecular formula is C23H27N7O5. The third-order valence-corrected chi connectivity index (χ3v) is 5.16. The number of aromatic amines is 1. The number of hydrogen-bond donors (Lipinski definition) is 5. The summed E-state index contributed by atoms with van der Waals surface area (Å²) in [4.78, 5) is 28.9. The van der Waals surface area contributed by atoms with Gasteiger partial charge in [-0.2, -0.15) is 0 Å². The van der Waals surface area contributed by atoms with Crippen molar-refractivity contribution in [2.75, 3.05) is 45.8 Å². The molecule has 35 heavy (non-hydrogen) atoms. The average Bonchev–Trinajstić information content (AvgIpc) is 2.85. The first kappa shape index (κ1) is 24.1. The van der Waals surface area contributed by atoms with Crippen molar-refractivity contribution in [3.05, 3.63) is 46.4 Å². The fourth-order valence-corrected chi connectivity index (χ4v) is 3.49. The van der Waals surface area contributed by atoms with Crippen LogP contribution in [0.25, 0.3) is 21.8 Å². The van der Waals surface area contributed by atoms with Crippen LogP contribution in [0.15, 0.2) is 35.1 Å². The SMILES string of the molecule is COc1cc2nc(Nc3nc4ccc(OCCNNCCO)cc4c(=O)[nH]3)nc(C)c2cc1OC. The molecule has 4 rings (SSSR count). The molecule has 184 valence electrons. The number of fused-ring (bicyclic) bond motifs is 2. The van der Waals surface area contributed by atoms with Gasteiger partial charge in [0.15, 0.2) is 11.5 Å². The summed E-state index contributed by atoms with van der Waals surface area (Å²) in [5.74, 6) is 2.19. The lowest BCUT2D eigenvalue weighted by Crippen LogP contribution is -2.36. The van der Waals surface area contributed by atoms with Gasteiger partial charge in [-0.15, -0.1) is 0 Å². The molecule has 12 heteroatoms. The number of aliphatic hydroxyl groups excluding tert-OH is 1. The second-order valence-corrected chi connectivity index (χ2v) is 7.50. The fourth-order valence-electron chi connectivity index (χ4n) is 3.49. The Morgan fingerprint density at radius 3 is 2.49 bits per heavy atom. The van der Waals surface area contributed by atoms with Crippen molar-refractivity contribution in [2.24, 2.45) is 0 Å². The molecule has 12 nitrogen and oxygen atoms in total. The minimum absolute atomic E-state index is 0.0434. The Kier molecular flexibility index (Phi) is 7.55. The van der Waals surface area contributed by atoms with Gasteiger partial charge in [0.2, 0.25) is 11.9 Å². The molecule has 2 heterocycles. The number of hydrogen-bond acceptors (Lipinski definition) is 11. The number of nitrogens with one attached hydrogen (secondary N) is 4. The summed E-state index contributed by atoms with van der Waals surface area (Å²) in [6.07, 6.45) is 0. The van der Waals surface area contributed by atoms with Crippen LogP contribution in [0, 0.1) is 6.92 Å². The van der Waals surface area contributed by atoms with E-state index < -0.39 is 0 Å². The van der Waals surface area contributed by atoms with Crippen LogP contribution in [-0.4, -0.2) is 65.6 Å². The van der Waals surface area contributed by atoms with Gasteiger partial charge in [-0.05, 0) is 31.2 Å². The quantitative estimate of drug-likeness (QED) is 0.156. The number of anilines is 2. The van der Waals surface area contributed by atoms with Crippen LogP contribution in [-0.2, 0) is 0 Å². The van der Waals surface area contributed by atoms with Crippen molar-refractivity contribution in [2.45, 2.75) is 6.92 Å². The number of aliphatic hydroxyl groups is 1. The molecule has 0 aliphatic carbocycles. The lowest BCUT2D eigenvalue weighted by atomic mass is 10.1. The van der Waals surface area contributed by atoms with Gasteiger partial charge in [0.05, 0.1) is 42.9 Å². The maximum atomic E-state index is 12.7.